The molecule has 0 bridgehead atoms. The van der Waals surface area contributed by atoms with Crippen molar-refractivity contribution in [1.82, 2.24) is 0 Å². The number of anilines is 1. The lowest BCUT2D eigenvalue weighted by Crippen LogP contribution is -2.02. The minimum absolute atomic E-state index is 0.173. The fourth-order valence-electron chi connectivity index (χ4n) is 1.00. The van der Waals surface area contributed by atoms with Gasteiger partial charge in [-0.25, -0.2) is 4.39 Å². The summed E-state index contributed by atoms with van der Waals surface area (Å²) in [5.41, 5.74) is 0.603. The molecule has 0 spiro atoms. The maximum absolute atomic E-state index is 13.0. The van der Waals surface area contributed by atoms with Crippen molar-refractivity contribution in [2.24, 2.45) is 0 Å². The van der Waals surface area contributed by atoms with Crippen LogP contribution in [0, 0.1) is 5.82 Å². The van der Waals surface area contributed by atoms with Gasteiger partial charge >= 0.3 is 0 Å². The Morgan fingerprint density at radius 1 is 1.33 bits per heavy atom. The van der Waals surface area contributed by atoms with Crippen LogP contribution in [0.3, 0.4) is 0 Å². The molecule has 0 radical (unpaired) electrons. The molecule has 0 amide bonds. The maximum Gasteiger partial charge on any atom is 0.146 e. The van der Waals surface area contributed by atoms with E-state index < -0.39 is 0 Å². The molecule has 0 aromatic heterocycles. The number of para-hydroxylation sites is 1. The van der Waals surface area contributed by atoms with E-state index in [9.17, 15) is 4.39 Å². The normalized spacial score (nSPS) is 9.83. The molecule has 0 aliphatic rings. The van der Waals surface area contributed by atoms with Gasteiger partial charge in [0.15, 0.2) is 0 Å². The van der Waals surface area contributed by atoms with Gasteiger partial charge in [0.2, 0.25) is 0 Å². The molecule has 1 rings (SSSR count). The van der Waals surface area contributed by atoms with Gasteiger partial charge in [-0.15, -0.1) is 0 Å². The summed E-state index contributed by atoms with van der Waals surface area (Å²) in [7, 11) is 0. The summed E-state index contributed by atoms with van der Waals surface area (Å²) in [4.78, 5) is 0. The van der Waals surface area contributed by atoms with Gasteiger partial charge < -0.3 is 5.32 Å². The molecule has 0 saturated carbocycles. The van der Waals surface area contributed by atoms with Crippen LogP contribution in [-0.2, 0) is 0 Å². The minimum atomic E-state index is -0.173. The zero-order chi connectivity index (χ0) is 8.81. The lowest BCUT2D eigenvalue weighted by atomic mass is 10.3. The lowest BCUT2D eigenvalue weighted by Gasteiger charge is -2.05. The van der Waals surface area contributed by atoms with E-state index in [-0.39, 0.29) is 5.82 Å². The molecule has 0 aliphatic heterocycles. The Morgan fingerprint density at radius 3 is 2.75 bits per heavy atom. The molecule has 12 heavy (non-hydrogen) atoms. The molecular weight excluding hydrogens is 153 g/mol. The van der Waals surface area contributed by atoms with E-state index >= 15 is 0 Å². The highest BCUT2D eigenvalue weighted by Crippen LogP contribution is 2.11. The molecule has 1 N–H and O–H groups in total. The van der Waals surface area contributed by atoms with Crippen molar-refractivity contribution in [3.63, 3.8) is 0 Å². The van der Waals surface area contributed by atoms with Gasteiger partial charge in [0.05, 0.1) is 5.69 Å². The number of nitrogens with one attached hydrogen (secondary N) is 1. The first-order chi connectivity index (χ1) is 5.84. The van der Waals surface area contributed by atoms with Gasteiger partial charge in [-0.3, -0.25) is 0 Å². The van der Waals surface area contributed by atoms with Crippen LogP contribution in [0.15, 0.2) is 24.3 Å². The summed E-state index contributed by atoms with van der Waals surface area (Å²) in [6, 6.07) is 6.75. The topological polar surface area (TPSA) is 12.0 Å². The predicted molar refractivity (Wildman–Crippen MR) is 49.8 cm³/mol. The largest absolute Gasteiger partial charge is 0.383 e. The second kappa shape index (κ2) is 4.75. The molecule has 1 aromatic carbocycles. The van der Waals surface area contributed by atoms with Crippen molar-refractivity contribution in [3.05, 3.63) is 30.1 Å². The molecule has 66 valence electrons. The van der Waals surface area contributed by atoms with E-state index in [0.717, 1.165) is 19.4 Å². The molecule has 0 saturated heterocycles. The van der Waals surface area contributed by atoms with Gasteiger partial charge in [0.1, 0.15) is 5.82 Å². The zero-order valence-electron chi connectivity index (χ0n) is 7.31. The number of rotatable bonds is 4. The summed E-state index contributed by atoms with van der Waals surface area (Å²) in [6.07, 6.45) is 2.20. The fourth-order valence-corrected chi connectivity index (χ4v) is 1.00. The highest BCUT2D eigenvalue weighted by Gasteiger charge is 1.96. The van der Waals surface area contributed by atoms with Crippen LogP contribution >= 0.6 is 0 Å². The standard InChI is InChI=1S/C10H14FN/c1-2-3-8-12-10-7-5-4-6-9(10)11/h4-7,12H,2-3,8H2,1H3. The van der Waals surface area contributed by atoms with Crippen molar-refractivity contribution in [3.8, 4) is 0 Å². The summed E-state index contributed by atoms with van der Waals surface area (Å²) < 4.78 is 13.0. The molecule has 0 fully saturated rings. The van der Waals surface area contributed by atoms with Crippen LogP contribution in [0.5, 0.6) is 0 Å². The van der Waals surface area contributed by atoms with Crippen molar-refractivity contribution in [2.45, 2.75) is 19.8 Å². The molecule has 0 unspecified atom stereocenters. The Labute approximate surface area is 72.6 Å². The molecular formula is C10H14FN. The average molecular weight is 167 g/mol. The number of benzene rings is 1. The lowest BCUT2D eigenvalue weighted by molar-refractivity contribution is 0.629. The second-order valence-corrected chi connectivity index (χ2v) is 2.76. The van der Waals surface area contributed by atoms with Crippen LogP contribution in [0.1, 0.15) is 19.8 Å². The van der Waals surface area contributed by atoms with Crippen LogP contribution in [0.2, 0.25) is 0 Å². The Morgan fingerprint density at radius 2 is 2.08 bits per heavy atom. The van der Waals surface area contributed by atoms with E-state index in [1.807, 2.05) is 6.07 Å². The third-order valence-corrected chi connectivity index (χ3v) is 1.72. The summed E-state index contributed by atoms with van der Waals surface area (Å²) in [5.74, 6) is -0.173. The van der Waals surface area contributed by atoms with E-state index in [2.05, 4.69) is 12.2 Å². The molecule has 0 atom stereocenters. The third kappa shape index (κ3) is 2.53. The molecule has 2 heteroatoms. The van der Waals surface area contributed by atoms with Gasteiger partial charge in [0, 0.05) is 6.54 Å². The number of unbranched alkanes of at least 4 members (excludes halogenated alkanes) is 1. The van der Waals surface area contributed by atoms with E-state index in [1.165, 1.54) is 6.07 Å². The monoisotopic (exact) mass is 167 g/mol. The van der Waals surface area contributed by atoms with Crippen LogP contribution in [-0.4, -0.2) is 6.54 Å². The first-order valence-electron chi connectivity index (χ1n) is 4.33. The van der Waals surface area contributed by atoms with Gasteiger partial charge in [-0.1, -0.05) is 25.5 Å². The third-order valence-electron chi connectivity index (χ3n) is 1.72. The van der Waals surface area contributed by atoms with Crippen molar-refractivity contribution >= 4 is 5.69 Å². The Balaban J connectivity index is 2.46. The summed E-state index contributed by atoms with van der Waals surface area (Å²) in [5, 5.41) is 3.04. The minimum Gasteiger partial charge on any atom is -0.383 e. The highest BCUT2D eigenvalue weighted by atomic mass is 19.1. The molecule has 1 aromatic rings. The summed E-state index contributed by atoms with van der Waals surface area (Å²) in [6.45, 7) is 2.96. The van der Waals surface area contributed by atoms with E-state index in [0.29, 0.717) is 5.69 Å². The first kappa shape index (κ1) is 9.04. The Hall–Kier alpha value is -1.05. The number of hydrogen-bond acceptors (Lipinski definition) is 1. The van der Waals surface area contributed by atoms with E-state index in [1.54, 1.807) is 12.1 Å². The van der Waals surface area contributed by atoms with Crippen LogP contribution < -0.4 is 5.32 Å². The average Bonchev–Trinajstić information content (AvgIpc) is 2.09. The smallest absolute Gasteiger partial charge is 0.146 e. The number of hydrogen-bond donors (Lipinski definition) is 1. The number of halogens is 1. The van der Waals surface area contributed by atoms with Crippen LogP contribution in [0.4, 0.5) is 10.1 Å². The Kier molecular flexibility index (Phi) is 3.58. The second-order valence-electron chi connectivity index (χ2n) is 2.76. The fraction of sp³-hybridized carbons (Fsp3) is 0.400. The molecule has 0 heterocycles. The molecule has 0 aliphatic carbocycles. The molecule has 1 nitrogen and oxygen atoms in total. The van der Waals surface area contributed by atoms with Gasteiger partial charge in [0.25, 0.3) is 0 Å². The van der Waals surface area contributed by atoms with E-state index in [4.69, 9.17) is 0 Å². The SMILES string of the molecule is CCCCNc1ccccc1F. The van der Waals surface area contributed by atoms with Gasteiger partial charge in [-0.05, 0) is 18.6 Å². The van der Waals surface area contributed by atoms with Crippen molar-refractivity contribution in [1.29, 1.82) is 0 Å². The first-order valence-corrected chi connectivity index (χ1v) is 4.33. The quantitative estimate of drug-likeness (QED) is 0.679. The van der Waals surface area contributed by atoms with Crippen molar-refractivity contribution in [2.75, 3.05) is 11.9 Å². The summed E-state index contributed by atoms with van der Waals surface area (Å²) >= 11 is 0. The Bertz CT molecular complexity index is 235. The highest BCUT2D eigenvalue weighted by molar-refractivity contribution is 5.44. The van der Waals surface area contributed by atoms with Gasteiger partial charge in [-0.2, -0.15) is 0 Å². The van der Waals surface area contributed by atoms with Crippen molar-refractivity contribution < 1.29 is 4.39 Å². The maximum atomic E-state index is 13.0. The zero-order valence-corrected chi connectivity index (χ0v) is 7.31. The van der Waals surface area contributed by atoms with Crippen LogP contribution in [0.25, 0.3) is 0 Å². The predicted octanol–water partition coefficient (Wildman–Crippen LogP) is 3.04.